The lowest BCUT2D eigenvalue weighted by Crippen LogP contribution is -2.48. The lowest BCUT2D eigenvalue weighted by molar-refractivity contribution is -0.0593. The van der Waals surface area contributed by atoms with Crippen LogP contribution < -0.4 is 0 Å². The number of carbonyl (C=O) groups excluding carboxylic acids is 1. The molecule has 1 aliphatic heterocycles. The molecule has 2 rings (SSSR count). The molecule has 0 spiro atoms. The molecule has 0 radical (unpaired) electrons. The Bertz CT molecular complexity index is 378. The zero-order chi connectivity index (χ0) is 11.7. The van der Waals surface area contributed by atoms with Crippen LogP contribution in [-0.2, 0) is 4.74 Å². The summed E-state index contributed by atoms with van der Waals surface area (Å²) in [7, 11) is 0. The van der Waals surface area contributed by atoms with Gasteiger partial charge < -0.3 is 14.2 Å². The van der Waals surface area contributed by atoms with Gasteiger partial charge in [-0.1, -0.05) is 5.16 Å². The Balaban J connectivity index is 2.09. The standard InChI is InChI=1S/C11H16N2O3/c1-7-4-10(16-12-7)11(14)13-5-8(2)15-9(3)6-13/h4,8-9H,5-6H2,1-3H3/t8-,9-/m1/s1. The van der Waals surface area contributed by atoms with E-state index in [1.807, 2.05) is 13.8 Å². The minimum absolute atomic E-state index is 0.0664. The van der Waals surface area contributed by atoms with Crippen molar-refractivity contribution >= 4 is 5.91 Å². The number of nitrogens with zero attached hydrogens (tertiary/aromatic N) is 2. The van der Waals surface area contributed by atoms with Crippen molar-refractivity contribution in [1.29, 1.82) is 0 Å². The molecule has 0 aromatic carbocycles. The van der Waals surface area contributed by atoms with E-state index in [-0.39, 0.29) is 18.1 Å². The minimum atomic E-state index is -0.109. The Hall–Kier alpha value is -1.36. The van der Waals surface area contributed by atoms with Gasteiger partial charge in [0.15, 0.2) is 0 Å². The number of morpholine rings is 1. The van der Waals surface area contributed by atoms with Crippen LogP contribution in [-0.4, -0.2) is 41.3 Å². The topological polar surface area (TPSA) is 55.6 Å². The van der Waals surface area contributed by atoms with Crippen molar-refractivity contribution in [1.82, 2.24) is 10.1 Å². The summed E-state index contributed by atoms with van der Waals surface area (Å²) in [5.41, 5.74) is 0.720. The number of aryl methyl sites for hydroxylation is 1. The highest BCUT2D eigenvalue weighted by Gasteiger charge is 2.28. The normalized spacial score (nSPS) is 25.8. The highest BCUT2D eigenvalue weighted by molar-refractivity contribution is 5.91. The van der Waals surface area contributed by atoms with E-state index in [0.29, 0.717) is 18.8 Å². The summed E-state index contributed by atoms with van der Waals surface area (Å²) in [6.07, 6.45) is 0.133. The van der Waals surface area contributed by atoms with Crippen molar-refractivity contribution in [3.8, 4) is 0 Å². The molecule has 1 aromatic rings. The molecule has 1 saturated heterocycles. The molecule has 88 valence electrons. The van der Waals surface area contributed by atoms with Gasteiger partial charge >= 0.3 is 0 Å². The molecule has 5 heteroatoms. The van der Waals surface area contributed by atoms with Gasteiger partial charge in [-0.3, -0.25) is 4.79 Å². The predicted octanol–water partition coefficient (Wildman–Crippen LogP) is 1.23. The van der Waals surface area contributed by atoms with Crippen LogP contribution in [0.15, 0.2) is 10.6 Å². The van der Waals surface area contributed by atoms with Gasteiger partial charge in [0, 0.05) is 19.2 Å². The SMILES string of the molecule is Cc1cc(C(=O)N2C[C@@H](C)O[C@H](C)C2)on1. The summed E-state index contributed by atoms with van der Waals surface area (Å²) >= 11 is 0. The molecule has 16 heavy (non-hydrogen) atoms. The van der Waals surface area contributed by atoms with Gasteiger partial charge in [0.05, 0.1) is 17.9 Å². The van der Waals surface area contributed by atoms with Crippen molar-refractivity contribution < 1.29 is 14.1 Å². The second-order valence-electron chi connectivity index (χ2n) is 4.30. The number of hydrogen-bond acceptors (Lipinski definition) is 4. The third-order valence-electron chi connectivity index (χ3n) is 2.55. The Morgan fingerprint density at radius 3 is 2.56 bits per heavy atom. The highest BCUT2D eigenvalue weighted by Crippen LogP contribution is 2.14. The first kappa shape index (κ1) is 11.1. The molecule has 5 nitrogen and oxygen atoms in total. The molecule has 0 aliphatic carbocycles. The molecule has 2 heterocycles. The molecule has 1 fully saturated rings. The van der Waals surface area contributed by atoms with Gasteiger partial charge in [-0.2, -0.15) is 0 Å². The smallest absolute Gasteiger partial charge is 0.292 e. The number of carbonyl (C=O) groups is 1. The molecule has 1 aromatic heterocycles. The third-order valence-corrected chi connectivity index (χ3v) is 2.55. The average molecular weight is 224 g/mol. The number of ether oxygens (including phenoxy) is 1. The number of hydrogen-bond donors (Lipinski definition) is 0. The minimum Gasteiger partial charge on any atom is -0.372 e. The zero-order valence-electron chi connectivity index (χ0n) is 9.77. The van der Waals surface area contributed by atoms with Crippen LogP contribution in [0.4, 0.5) is 0 Å². The summed E-state index contributed by atoms with van der Waals surface area (Å²) in [6, 6.07) is 1.66. The summed E-state index contributed by atoms with van der Waals surface area (Å²) in [6.45, 7) is 6.92. The first-order valence-corrected chi connectivity index (χ1v) is 5.44. The van der Waals surface area contributed by atoms with E-state index in [9.17, 15) is 4.79 Å². The third kappa shape index (κ3) is 2.24. The summed E-state index contributed by atoms with van der Waals surface area (Å²) < 4.78 is 10.5. The second kappa shape index (κ2) is 4.25. The van der Waals surface area contributed by atoms with E-state index in [0.717, 1.165) is 5.69 Å². The monoisotopic (exact) mass is 224 g/mol. The Morgan fingerprint density at radius 2 is 2.06 bits per heavy atom. The van der Waals surface area contributed by atoms with Crippen LogP contribution in [0.5, 0.6) is 0 Å². The van der Waals surface area contributed by atoms with E-state index >= 15 is 0 Å². The van der Waals surface area contributed by atoms with Gasteiger partial charge in [-0.15, -0.1) is 0 Å². The fraction of sp³-hybridized carbons (Fsp3) is 0.636. The van der Waals surface area contributed by atoms with Crippen molar-refractivity contribution in [3.05, 3.63) is 17.5 Å². The summed E-state index contributed by atoms with van der Waals surface area (Å²) in [4.78, 5) is 13.8. The first-order valence-electron chi connectivity index (χ1n) is 5.44. The quantitative estimate of drug-likeness (QED) is 0.720. The molecule has 0 N–H and O–H groups in total. The van der Waals surface area contributed by atoms with E-state index in [2.05, 4.69) is 5.16 Å². The summed E-state index contributed by atoms with van der Waals surface area (Å²) in [5.74, 6) is 0.196. The largest absolute Gasteiger partial charge is 0.372 e. The molecule has 0 bridgehead atoms. The van der Waals surface area contributed by atoms with Gasteiger partial charge in [-0.05, 0) is 20.8 Å². The Kier molecular flexibility index (Phi) is 2.96. The molecule has 1 aliphatic rings. The van der Waals surface area contributed by atoms with E-state index in [1.54, 1.807) is 17.9 Å². The van der Waals surface area contributed by atoms with Crippen LogP contribution in [0.25, 0.3) is 0 Å². The van der Waals surface area contributed by atoms with Crippen LogP contribution >= 0.6 is 0 Å². The fourth-order valence-electron chi connectivity index (χ4n) is 1.96. The lowest BCUT2D eigenvalue weighted by atomic mass is 10.2. The summed E-state index contributed by atoms with van der Waals surface area (Å²) in [5, 5.41) is 3.72. The van der Waals surface area contributed by atoms with Gasteiger partial charge in [-0.25, -0.2) is 0 Å². The molecule has 0 unspecified atom stereocenters. The Labute approximate surface area is 94.3 Å². The van der Waals surface area contributed by atoms with Crippen molar-refractivity contribution in [2.75, 3.05) is 13.1 Å². The van der Waals surface area contributed by atoms with Crippen LogP contribution in [0.3, 0.4) is 0 Å². The molecular formula is C11H16N2O3. The number of amides is 1. The zero-order valence-corrected chi connectivity index (χ0v) is 9.77. The van der Waals surface area contributed by atoms with E-state index in [4.69, 9.17) is 9.26 Å². The average Bonchev–Trinajstić information content (AvgIpc) is 2.62. The molecular weight excluding hydrogens is 208 g/mol. The Morgan fingerprint density at radius 1 is 1.44 bits per heavy atom. The fourth-order valence-corrected chi connectivity index (χ4v) is 1.96. The molecule has 2 atom stereocenters. The lowest BCUT2D eigenvalue weighted by Gasteiger charge is -2.34. The van der Waals surface area contributed by atoms with Crippen molar-refractivity contribution in [2.45, 2.75) is 33.0 Å². The maximum atomic E-state index is 12.0. The highest BCUT2D eigenvalue weighted by atomic mass is 16.5. The maximum Gasteiger partial charge on any atom is 0.292 e. The maximum absolute atomic E-state index is 12.0. The van der Waals surface area contributed by atoms with E-state index < -0.39 is 0 Å². The van der Waals surface area contributed by atoms with Crippen molar-refractivity contribution in [2.24, 2.45) is 0 Å². The molecule has 1 amide bonds. The molecule has 0 saturated carbocycles. The van der Waals surface area contributed by atoms with Crippen molar-refractivity contribution in [3.63, 3.8) is 0 Å². The number of rotatable bonds is 1. The predicted molar refractivity (Wildman–Crippen MR) is 57.2 cm³/mol. The van der Waals surface area contributed by atoms with Crippen LogP contribution in [0.1, 0.15) is 30.1 Å². The van der Waals surface area contributed by atoms with E-state index in [1.165, 1.54) is 0 Å². The number of aromatic nitrogens is 1. The van der Waals surface area contributed by atoms with Gasteiger partial charge in [0.1, 0.15) is 0 Å². The van der Waals surface area contributed by atoms with Gasteiger partial charge in [0.2, 0.25) is 5.76 Å². The first-order chi connectivity index (χ1) is 7.56. The van der Waals surface area contributed by atoms with Crippen LogP contribution in [0, 0.1) is 6.92 Å². The second-order valence-corrected chi connectivity index (χ2v) is 4.30. The van der Waals surface area contributed by atoms with Gasteiger partial charge in [0.25, 0.3) is 5.91 Å². The van der Waals surface area contributed by atoms with Crippen LogP contribution in [0.2, 0.25) is 0 Å².